The summed E-state index contributed by atoms with van der Waals surface area (Å²) in [6, 6.07) is 4.18. The van der Waals surface area contributed by atoms with Crippen LogP contribution in [0.15, 0.2) is 23.1 Å². The number of carbonyl (C=O) groups is 1. The topological polar surface area (TPSA) is 37.3 Å². The summed E-state index contributed by atoms with van der Waals surface area (Å²) >= 11 is 3.90. The second kappa shape index (κ2) is 3.58. The molecule has 1 aromatic rings. The van der Waals surface area contributed by atoms with E-state index < -0.39 is 11.8 Å². The highest BCUT2D eigenvalue weighted by Crippen LogP contribution is 2.13. The third-order valence-corrected chi connectivity index (χ3v) is 1.66. The Balaban J connectivity index is 2.93. The molecule has 0 fully saturated rings. The second-order valence-electron chi connectivity index (χ2n) is 2.35. The molecule has 0 aliphatic heterocycles. The van der Waals surface area contributed by atoms with E-state index in [1.165, 1.54) is 12.1 Å². The summed E-state index contributed by atoms with van der Waals surface area (Å²) in [5, 5.41) is 8.37. The molecule has 1 rings (SSSR count). The van der Waals surface area contributed by atoms with Crippen LogP contribution in [0.3, 0.4) is 0 Å². The third kappa shape index (κ3) is 2.23. The molecule has 0 radical (unpaired) electrons. The lowest BCUT2D eigenvalue weighted by molar-refractivity contribution is -0.136. The van der Waals surface area contributed by atoms with Crippen LogP contribution in [0.25, 0.3) is 0 Å². The monoisotopic (exact) mass is 186 g/mol. The van der Waals surface area contributed by atoms with E-state index in [4.69, 9.17) is 5.11 Å². The Hall–Kier alpha value is -1.03. The lowest BCUT2D eigenvalue weighted by atomic mass is 10.1. The number of rotatable bonds is 2. The van der Waals surface area contributed by atoms with Crippen LogP contribution in [-0.4, -0.2) is 11.1 Å². The van der Waals surface area contributed by atoms with Crippen LogP contribution in [0.5, 0.6) is 0 Å². The van der Waals surface area contributed by atoms with Crippen LogP contribution in [-0.2, 0) is 11.2 Å². The molecule has 1 N–H and O–H groups in total. The van der Waals surface area contributed by atoms with E-state index in [1.54, 1.807) is 6.07 Å². The van der Waals surface area contributed by atoms with E-state index in [1.807, 2.05) is 0 Å². The average molecular weight is 186 g/mol. The minimum Gasteiger partial charge on any atom is -0.481 e. The van der Waals surface area contributed by atoms with Crippen molar-refractivity contribution in [3.63, 3.8) is 0 Å². The van der Waals surface area contributed by atoms with Crippen LogP contribution < -0.4 is 0 Å². The minimum absolute atomic E-state index is 0.181. The summed E-state index contributed by atoms with van der Waals surface area (Å²) < 4.78 is 12.9. The maximum Gasteiger partial charge on any atom is 0.307 e. The Morgan fingerprint density at radius 2 is 2.25 bits per heavy atom. The standard InChI is InChI=1S/C8H7FO2S/c9-7-4-6(12)2-1-5(7)3-8(10)11/h1-2,4,12H,3H2,(H,10,11). The number of thiol groups is 1. The molecule has 0 aliphatic carbocycles. The van der Waals surface area contributed by atoms with Gasteiger partial charge in [-0.15, -0.1) is 12.6 Å². The fourth-order valence-corrected chi connectivity index (χ4v) is 1.03. The van der Waals surface area contributed by atoms with Crippen LogP contribution >= 0.6 is 12.6 Å². The molecular weight excluding hydrogens is 179 g/mol. The van der Waals surface area contributed by atoms with Gasteiger partial charge in [-0.25, -0.2) is 4.39 Å². The molecule has 0 aromatic heterocycles. The summed E-state index contributed by atoms with van der Waals surface area (Å²) in [6.45, 7) is 0. The molecule has 0 heterocycles. The SMILES string of the molecule is O=C(O)Cc1ccc(S)cc1F. The van der Waals surface area contributed by atoms with Crippen molar-refractivity contribution in [3.8, 4) is 0 Å². The first-order chi connectivity index (χ1) is 5.59. The van der Waals surface area contributed by atoms with E-state index in [0.29, 0.717) is 4.90 Å². The normalized spacial score (nSPS) is 9.83. The smallest absolute Gasteiger partial charge is 0.307 e. The van der Waals surface area contributed by atoms with E-state index in [0.717, 1.165) is 0 Å². The molecule has 0 aliphatic rings. The Morgan fingerprint density at radius 3 is 2.75 bits per heavy atom. The molecule has 64 valence electrons. The molecule has 0 spiro atoms. The fourth-order valence-electron chi connectivity index (χ4n) is 0.843. The van der Waals surface area contributed by atoms with Gasteiger partial charge in [0, 0.05) is 4.90 Å². The number of aliphatic carboxylic acids is 1. The van der Waals surface area contributed by atoms with Crippen molar-refractivity contribution in [3.05, 3.63) is 29.6 Å². The van der Waals surface area contributed by atoms with Gasteiger partial charge in [0.2, 0.25) is 0 Å². The lowest BCUT2D eigenvalue weighted by Crippen LogP contribution is -2.02. The molecule has 1 aromatic carbocycles. The zero-order valence-electron chi connectivity index (χ0n) is 6.12. The van der Waals surface area contributed by atoms with Crippen molar-refractivity contribution < 1.29 is 14.3 Å². The van der Waals surface area contributed by atoms with Crippen LogP contribution in [0.2, 0.25) is 0 Å². The largest absolute Gasteiger partial charge is 0.481 e. The van der Waals surface area contributed by atoms with Gasteiger partial charge in [-0.3, -0.25) is 4.79 Å². The van der Waals surface area contributed by atoms with Crippen molar-refractivity contribution in [2.45, 2.75) is 11.3 Å². The molecule has 2 nitrogen and oxygen atoms in total. The highest BCUT2D eigenvalue weighted by molar-refractivity contribution is 7.80. The first-order valence-electron chi connectivity index (χ1n) is 3.29. The Morgan fingerprint density at radius 1 is 1.58 bits per heavy atom. The van der Waals surface area contributed by atoms with Gasteiger partial charge in [-0.2, -0.15) is 0 Å². The number of hydrogen-bond acceptors (Lipinski definition) is 2. The molecule has 0 amide bonds. The van der Waals surface area contributed by atoms with Crippen molar-refractivity contribution in [1.82, 2.24) is 0 Å². The maximum absolute atomic E-state index is 12.9. The molecule has 12 heavy (non-hydrogen) atoms. The van der Waals surface area contributed by atoms with Crippen LogP contribution in [0, 0.1) is 5.82 Å². The fraction of sp³-hybridized carbons (Fsp3) is 0.125. The van der Waals surface area contributed by atoms with E-state index >= 15 is 0 Å². The Kier molecular flexibility index (Phi) is 2.70. The maximum atomic E-state index is 12.9. The summed E-state index contributed by atoms with van der Waals surface area (Å²) in [5.41, 5.74) is 0.181. The van der Waals surface area contributed by atoms with Gasteiger partial charge in [0.05, 0.1) is 6.42 Å². The van der Waals surface area contributed by atoms with Gasteiger partial charge < -0.3 is 5.11 Å². The number of halogens is 1. The average Bonchev–Trinajstić information content (AvgIpc) is 1.94. The van der Waals surface area contributed by atoms with Gasteiger partial charge in [-0.05, 0) is 17.7 Å². The summed E-state index contributed by atoms with van der Waals surface area (Å²) in [7, 11) is 0. The first kappa shape index (κ1) is 9.06. The predicted molar refractivity (Wildman–Crippen MR) is 45.0 cm³/mol. The zero-order chi connectivity index (χ0) is 9.14. The molecular formula is C8H7FO2S. The Labute approximate surface area is 74.4 Å². The number of benzene rings is 1. The van der Waals surface area contributed by atoms with Gasteiger partial charge in [0.15, 0.2) is 0 Å². The minimum atomic E-state index is -1.04. The quantitative estimate of drug-likeness (QED) is 0.690. The van der Waals surface area contributed by atoms with Gasteiger partial charge in [0.25, 0.3) is 0 Å². The summed E-state index contributed by atoms with van der Waals surface area (Å²) in [4.78, 5) is 10.7. The second-order valence-corrected chi connectivity index (χ2v) is 2.86. The van der Waals surface area contributed by atoms with Gasteiger partial charge in [-0.1, -0.05) is 6.07 Å². The molecule has 0 atom stereocenters. The van der Waals surface area contributed by atoms with Crippen molar-refractivity contribution in [2.24, 2.45) is 0 Å². The van der Waals surface area contributed by atoms with Crippen LogP contribution in [0.1, 0.15) is 5.56 Å². The van der Waals surface area contributed by atoms with Gasteiger partial charge in [0.1, 0.15) is 5.82 Å². The summed E-state index contributed by atoms with van der Waals surface area (Å²) in [6.07, 6.45) is -0.292. The van der Waals surface area contributed by atoms with Crippen molar-refractivity contribution in [2.75, 3.05) is 0 Å². The predicted octanol–water partition coefficient (Wildman–Crippen LogP) is 1.74. The van der Waals surface area contributed by atoms with Gasteiger partial charge >= 0.3 is 5.97 Å². The number of carboxylic acids is 1. The lowest BCUT2D eigenvalue weighted by Gasteiger charge is -1.99. The molecule has 0 unspecified atom stereocenters. The third-order valence-electron chi connectivity index (χ3n) is 1.38. The number of hydrogen-bond donors (Lipinski definition) is 2. The molecule has 0 bridgehead atoms. The molecule has 0 saturated carbocycles. The van der Waals surface area contributed by atoms with E-state index in [2.05, 4.69) is 12.6 Å². The zero-order valence-corrected chi connectivity index (χ0v) is 7.01. The van der Waals surface area contributed by atoms with Crippen molar-refractivity contribution in [1.29, 1.82) is 0 Å². The van der Waals surface area contributed by atoms with Crippen molar-refractivity contribution >= 4 is 18.6 Å². The Bertz CT molecular complexity index is 312. The number of carboxylic acid groups (broad SMARTS) is 1. The molecule has 0 saturated heterocycles. The van der Waals surface area contributed by atoms with E-state index in [9.17, 15) is 9.18 Å². The highest BCUT2D eigenvalue weighted by atomic mass is 32.1. The first-order valence-corrected chi connectivity index (χ1v) is 3.73. The van der Waals surface area contributed by atoms with Crippen LogP contribution in [0.4, 0.5) is 4.39 Å². The molecule has 4 heteroatoms. The summed E-state index contributed by atoms with van der Waals surface area (Å²) in [5.74, 6) is -1.56. The highest BCUT2D eigenvalue weighted by Gasteiger charge is 2.05. The van der Waals surface area contributed by atoms with E-state index in [-0.39, 0.29) is 12.0 Å².